The van der Waals surface area contributed by atoms with Gasteiger partial charge in [0.2, 0.25) is 0 Å². The number of imidazole rings is 1. The highest BCUT2D eigenvalue weighted by Gasteiger charge is 2.25. The third-order valence-electron chi connectivity index (χ3n) is 5.92. The number of hydrogen-bond donors (Lipinski definition) is 1. The van der Waals surface area contributed by atoms with Crippen LogP contribution in [0.1, 0.15) is 34.8 Å². The second-order valence-electron chi connectivity index (χ2n) is 8.21. The molecule has 0 bridgehead atoms. The molecule has 0 radical (unpaired) electrons. The van der Waals surface area contributed by atoms with E-state index in [4.69, 9.17) is 0 Å². The molecule has 0 saturated heterocycles. The molecule has 1 unspecified atom stereocenters. The Morgan fingerprint density at radius 3 is 2.67 bits per heavy atom. The van der Waals surface area contributed by atoms with Crippen LogP contribution in [0.2, 0.25) is 0 Å². The molecule has 33 heavy (non-hydrogen) atoms. The van der Waals surface area contributed by atoms with Crippen LogP contribution in [0.3, 0.4) is 0 Å². The van der Waals surface area contributed by atoms with E-state index in [0.717, 1.165) is 26.9 Å². The number of benzene rings is 2. The van der Waals surface area contributed by atoms with Crippen molar-refractivity contribution in [2.75, 3.05) is 0 Å². The summed E-state index contributed by atoms with van der Waals surface area (Å²) in [7, 11) is 0. The van der Waals surface area contributed by atoms with Crippen molar-refractivity contribution in [2.24, 2.45) is 0 Å². The number of fused-ring (bicyclic) bond motifs is 2. The monoisotopic (exact) mass is 458 g/mol. The van der Waals surface area contributed by atoms with Crippen LogP contribution < -0.4 is 5.69 Å². The summed E-state index contributed by atoms with van der Waals surface area (Å²) < 4.78 is 8.97. The molecular weight excluding hydrogens is 436 g/mol. The molecule has 0 spiro atoms. The highest BCUT2D eigenvalue weighted by Crippen LogP contribution is 2.30. The van der Waals surface area contributed by atoms with Crippen LogP contribution >= 0.6 is 11.5 Å². The number of aryl methyl sites for hydroxylation is 2. The van der Waals surface area contributed by atoms with Crippen molar-refractivity contribution >= 4 is 38.6 Å². The summed E-state index contributed by atoms with van der Waals surface area (Å²) >= 11 is 1.43. The minimum absolute atomic E-state index is 0.205. The van der Waals surface area contributed by atoms with Gasteiger partial charge in [0.15, 0.2) is 0 Å². The molecule has 5 rings (SSSR count). The van der Waals surface area contributed by atoms with Crippen LogP contribution in [0.5, 0.6) is 0 Å². The van der Waals surface area contributed by atoms with Gasteiger partial charge in [0.1, 0.15) is 0 Å². The van der Waals surface area contributed by atoms with Gasteiger partial charge < -0.3 is 5.11 Å². The fourth-order valence-corrected chi connectivity index (χ4v) is 5.52. The van der Waals surface area contributed by atoms with E-state index in [9.17, 15) is 14.7 Å². The Morgan fingerprint density at radius 2 is 1.91 bits per heavy atom. The van der Waals surface area contributed by atoms with Gasteiger partial charge in [0.25, 0.3) is 0 Å². The molecule has 2 aromatic carbocycles. The zero-order chi connectivity index (χ0) is 23.1. The lowest BCUT2D eigenvalue weighted by Crippen LogP contribution is -2.29. The maximum absolute atomic E-state index is 13.8. The molecule has 5 aromatic rings. The van der Waals surface area contributed by atoms with Gasteiger partial charge >= 0.3 is 11.7 Å². The van der Waals surface area contributed by atoms with Crippen molar-refractivity contribution < 1.29 is 9.90 Å². The average Bonchev–Trinajstić information content (AvgIpc) is 3.32. The SMILES string of the molecule is Cc1cc(C)c2c(Cn3c(=O)n(C(CC(=O)O)c4ccccc4)c4ccncc43)nsc2c1. The Kier molecular flexibility index (Phi) is 5.30. The first kappa shape index (κ1) is 21.1. The maximum atomic E-state index is 13.8. The van der Waals surface area contributed by atoms with Gasteiger partial charge in [-0.2, -0.15) is 4.37 Å². The summed E-state index contributed by atoms with van der Waals surface area (Å²) in [4.78, 5) is 29.7. The molecule has 0 saturated carbocycles. The lowest BCUT2D eigenvalue weighted by Gasteiger charge is -2.17. The molecule has 0 aliphatic carbocycles. The number of pyridine rings is 1. The number of carboxylic acids is 1. The Balaban J connectivity index is 1.71. The van der Waals surface area contributed by atoms with E-state index in [1.165, 1.54) is 17.1 Å². The van der Waals surface area contributed by atoms with Gasteiger partial charge in [-0.1, -0.05) is 36.4 Å². The predicted molar refractivity (Wildman–Crippen MR) is 129 cm³/mol. The zero-order valence-corrected chi connectivity index (χ0v) is 19.0. The van der Waals surface area contributed by atoms with Gasteiger partial charge in [0.05, 0.1) is 46.6 Å². The van der Waals surface area contributed by atoms with Crippen molar-refractivity contribution in [3.05, 3.63) is 93.8 Å². The van der Waals surface area contributed by atoms with Crippen molar-refractivity contribution in [1.29, 1.82) is 0 Å². The molecule has 1 atom stereocenters. The number of carbonyl (C=O) groups is 1. The molecular formula is C25H22N4O3S. The quantitative estimate of drug-likeness (QED) is 0.404. The fourth-order valence-electron chi connectivity index (χ4n) is 4.56. The first-order valence-corrected chi connectivity index (χ1v) is 11.4. The van der Waals surface area contributed by atoms with E-state index in [-0.39, 0.29) is 18.7 Å². The zero-order valence-electron chi connectivity index (χ0n) is 18.2. The molecule has 7 nitrogen and oxygen atoms in total. The normalized spacial score (nSPS) is 12.4. The van der Waals surface area contributed by atoms with Crippen LogP contribution in [0, 0.1) is 13.8 Å². The smallest absolute Gasteiger partial charge is 0.330 e. The van der Waals surface area contributed by atoms with E-state index in [1.54, 1.807) is 27.6 Å². The second kappa shape index (κ2) is 8.29. The maximum Gasteiger partial charge on any atom is 0.330 e. The number of aromatic nitrogens is 4. The van der Waals surface area contributed by atoms with Crippen LogP contribution in [-0.2, 0) is 11.3 Å². The topological polar surface area (TPSA) is 90.0 Å². The summed E-state index contributed by atoms with van der Waals surface area (Å²) in [5.41, 5.74) is 4.91. The number of carboxylic acid groups (broad SMARTS) is 1. The highest BCUT2D eigenvalue weighted by atomic mass is 32.1. The summed E-state index contributed by atoms with van der Waals surface area (Å²) in [6.45, 7) is 4.40. The Bertz CT molecular complexity index is 1550. The van der Waals surface area contributed by atoms with E-state index < -0.39 is 12.0 Å². The average molecular weight is 459 g/mol. The number of hydrogen-bond acceptors (Lipinski definition) is 5. The van der Waals surface area contributed by atoms with Crippen molar-refractivity contribution in [1.82, 2.24) is 18.5 Å². The minimum atomic E-state index is -0.970. The molecule has 0 aliphatic heterocycles. The van der Waals surface area contributed by atoms with Gasteiger partial charge in [-0.25, -0.2) is 4.79 Å². The summed E-state index contributed by atoms with van der Waals surface area (Å²) in [5.74, 6) is -0.970. The van der Waals surface area contributed by atoms with Crippen molar-refractivity contribution in [3.8, 4) is 0 Å². The van der Waals surface area contributed by atoms with Gasteiger partial charge in [-0.05, 0) is 54.2 Å². The summed E-state index contributed by atoms with van der Waals surface area (Å²) in [6, 6.07) is 14.6. The van der Waals surface area contributed by atoms with Crippen molar-refractivity contribution in [3.63, 3.8) is 0 Å². The van der Waals surface area contributed by atoms with E-state index in [0.29, 0.717) is 11.0 Å². The largest absolute Gasteiger partial charge is 0.481 e. The van der Waals surface area contributed by atoms with E-state index in [2.05, 4.69) is 35.3 Å². The minimum Gasteiger partial charge on any atom is -0.481 e. The van der Waals surface area contributed by atoms with E-state index >= 15 is 0 Å². The Labute approximate surface area is 193 Å². The predicted octanol–water partition coefficient (Wildman–Crippen LogP) is 4.54. The first-order chi connectivity index (χ1) is 15.9. The molecule has 1 N–H and O–H groups in total. The van der Waals surface area contributed by atoms with Gasteiger partial charge in [-0.15, -0.1) is 0 Å². The molecule has 166 valence electrons. The molecule has 0 aliphatic rings. The molecule has 0 amide bonds. The molecule has 3 heterocycles. The lowest BCUT2D eigenvalue weighted by atomic mass is 10.0. The van der Waals surface area contributed by atoms with Crippen LogP contribution in [0.25, 0.3) is 21.1 Å². The van der Waals surface area contributed by atoms with Gasteiger partial charge in [-0.3, -0.25) is 18.9 Å². The standard InChI is InChI=1S/C25H22N4O3S/c1-15-10-16(2)24-18(27-33-22(24)11-15)14-28-21-13-26-9-8-19(21)29(25(28)32)20(12-23(30)31)17-6-4-3-5-7-17/h3-11,13,20H,12,14H2,1-2H3,(H,30,31). The number of aliphatic carboxylic acids is 1. The third-order valence-corrected chi connectivity index (χ3v) is 6.75. The Morgan fingerprint density at radius 1 is 1.12 bits per heavy atom. The Hall–Kier alpha value is -3.78. The van der Waals surface area contributed by atoms with E-state index in [1.807, 2.05) is 30.3 Å². The summed E-state index contributed by atoms with van der Waals surface area (Å²) in [6.07, 6.45) is 3.07. The van der Waals surface area contributed by atoms with Crippen LogP contribution in [0.4, 0.5) is 0 Å². The lowest BCUT2D eigenvalue weighted by molar-refractivity contribution is -0.137. The second-order valence-corrected chi connectivity index (χ2v) is 9.02. The van der Waals surface area contributed by atoms with Crippen molar-refractivity contribution in [2.45, 2.75) is 32.9 Å². The molecule has 3 aromatic heterocycles. The molecule has 8 heteroatoms. The van der Waals surface area contributed by atoms with Crippen LogP contribution in [0.15, 0.2) is 65.7 Å². The number of rotatable bonds is 6. The first-order valence-electron chi connectivity index (χ1n) is 10.6. The summed E-state index contributed by atoms with van der Waals surface area (Å²) in [5, 5.41) is 10.7. The fraction of sp³-hybridized carbons (Fsp3) is 0.200. The number of nitrogens with zero attached hydrogens (tertiary/aromatic N) is 4. The van der Waals surface area contributed by atoms with Gasteiger partial charge in [0, 0.05) is 11.6 Å². The third kappa shape index (κ3) is 3.72. The van der Waals surface area contributed by atoms with Crippen LogP contribution in [-0.4, -0.2) is 29.6 Å². The molecule has 0 fully saturated rings. The highest BCUT2D eigenvalue weighted by molar-refractivity contribution is 7.13.